The average Bonchev–Trinajstić information content (AvgIpc) is 2.77. The van der Waals surface area contributed by atoms with Gasteiger partial charge >= 0.3 is 0 Å². The highest BCUT2D eigenvalue weighted by atomic mass is 16.3. The Bertz CT molecular complexity index is 748. The summed E-state index contributed by atoms with van der Waals surface area (Å²) in [5.41, 5.74) is 1.68. The Balaban J connectivity index is 1.98. The predicted molar refractivity (Wildman–Crippen MR) is 83.1 cm³/mol. The third-order valence-corrected chi connectivity index (χ3v) is 3.27. The van der Waals surface area contributed by atoms with Crippen LogP contribution in [0.1, 0.15) is 12.5 Å². The summed E-state index contributed by atoms with van der Waals surface area (Å²) in [6, 6.07) is 16.2. The molecular weight excluding hydrogens is 264 g/mol. The molecule has 3 rings (SSSR count). The average molecular weight is 278 g/mol. The van der Waals surface area contributed by atoms with Crippen molar-refractivity contribution in [1.29, 1.82) is 0 Å². The maximum atomic E-state index is 12.5. The number of carbonyl (C=O) groups is 1. The number of nitrogens with zero attached hydrogens (tertiary/aromatic N) is 2. The number of hydrogen-bond donors (Lipinski definition) is 1. The van der Waals surface area contributed by atoms with Crippen LogP contribution in [0.5, 0.6) is 5.75 Å². The molecule has 1 N–H and O–H groups in total. The first kappa shape index (κ1) is 13.1. The molecule has 0 bridgehead atoms. The van der Waals surface area contributed by atoms with Crippen LogP contribution in [0.4, 0.5) is 5.69 Å². The van der Waals surface area contributed by atoms with Crippen molar-refractivity contribution in [3.05, 3.63) is 65.9 Å². The van der Waals surface area contributed by atoms with E-state index < -0.39 is 0 Å². The lowest BCUT2D eigenvalue weighted by Gasteiger charge is -2.15. The standard InChI is InChI=1S/C17H14N2O2/c1-12-18-15(11-13-7-5-6-10-16(13)20)17(21)19(12)14-8-3-2-4-9-14/h2-11,20H,1H3. The molecule has 4 heteroatoms. The maximum Gasteiger partial charge on any atom is 0.282 e. The summed E-state index contributed by atoms with van der Waals surface area (Å²) in [5.74, 6) is 0.554. The van der Waals surface area contributed by atoms with Crippen molar-refractivity contribution < 1.29 is 9.90 Å². The number of hydrogen-bond acceptors (Lipinski definition) is 3. The van der Waals surface area contributed by atoms with Gasteiger partial charge in [0.2, 0.25) is 0 Å². The van der Waals surface area contributed by atoms with Crippen molar-refractivity contribution in [3.8, 4) is 5.75 Å². The number of carbonyl (C=O) groups excluding carboxylic acids is 1. The summed E-state index contributed by atoms with van der Waals surface area (Å²) in [7, 11) is 0. The molecule has 0 spiro atoms. The molecule has 0 saturated carbocycles. The normalized spacial score (nSPS) is 16.4. The molecule has 0 fully saturated rings. The molecule has 21 heavy (non-hydrogen) atoms. The van der Waals surface area contributed by atoms with Gasteiger partial charge < -0.3 is 5.11 Å². The molecular formula is C17H14N2O2. The van der Waals surface area contributed by atoms with Crippen LogP contribution in [0.3, 0.4) is 0 Å². The van der Waals surface area contributed by atoms with Crippen molar-refractivity contribution in [2.24, 2.45) is 4.99 Å². The number of benzene rings is 2. The second kappa shape index (κ2) is 5.25. The number of amidine groups is 1. The summed E-state index contributed by atoms with van der Waals surface area (Å²) in [5, 5.41) is 9.79. The van der Waals surface area contributed by atoms with Gasteiger partial charge in [-0.3, -0.25) is 9.69 Å². The van der Waals surface area contributed by atoms with E-state index in [0.29, 0.717) is 17.1 Å². The van der Waals surface area contributed by atoms with E-state index in [1.807, 2.05) is 30.3 Å². The fourth-order valence-electron chi connectivity index (χ4n) is 2.27. The second-order valence-corrected chi connectivity index (χ2v) is 4.72. The number of aliphatic imine (C=N–C) groups is 1. The summed E-state index contributed by atoms with van der Waals surface area (Å²) < 4.78 is 0. The zero-order valence-corrected chi connectivity index (χ0v) is 11.5. The molecule has 4 nitrogen and oxygen atoms in total. The van der Waals surface area contributed by atoms with E-state index in [1.165, 1.54) is 0 Å². The van der Waals surface area contributed by atoms with Crippen molar-refractivity contribution in [3.63, 3.8) is 0 Å². The van der Waals surface area contributed by atoms with Crippen LogP contribution in [0.25, 0.3) is 6.08 Å². The van der Waals surface area contributed by atoms with Crippen LogP contribution in [-0.2, 0) is 4.79 Å². The second-order valence-electron chi connectivity index (χ2n) is 4.72. The molecule has 0 unspecified atom stereocenters. The predicted octanol–water partition coefficient (Wildman–Crippen LogP) is 3.20. The first-order chi connectivity index (χ1) is 10.2. The van der Waals surface area contributed by atoms with Crippen molar-refractivity contribution in [2.75, 3.05) is 4.90 Å². The van der Waals surface area contributed by atoms with Gasteiger partial charge in [-0.05, 0) is 31.2 Å². The van der Waals surface area contributed by atoms with E-state index in [2.05, 4.69) is 4.99 Å². The van der Waals surface area contributed by atoms with Crippen molar-refractivity contribution >= 4 is 23.5 Å². The Morgan fingerprint density at radius 3 is 2.43 bits per heavy atom. The Morgan fingerprint density at radius 2 is 1.71 bits per heavy atom. The van der Waals surface area contributed by atoms with Crippen molar-refractivity contribution in [1.82, 2.24) is 0 Å². The minimum atomic E-state index is -0.193. The highest BCUT2D eigenvalue weighted by molar-refractivity contribution is 6.28. The minimum Gasteiger partial charge on any atom is -0.507 e. The molecule has 1 heterocycles. The molecule has 0 aliphatic carbocycles. The van der Waals surface area contributed by atoms with Gasteiger partial charge in [-0.1, -0.05) is 36.4 Å². The number of para-hydroxylation sites is 2. The first-order valence-corrected chi connectivity index (χ1v) is 6.61. The lowest BCUT2D eigenvalue weighted by molar-refractivity contribution is -0.113. The number of amides is 1. The number of phenols is 1. The quantitative estimate of drug-likeness (QED) is 0.858. The summed E-state index contributed by atoms with van der Waals surface area (Å²) in [4.78, 5) is 18.4. The topological polar surface area (TPSA) is 52.9 Å². The Hall–Kier alpha value is -2.88. The minimum absolute atomic E-state index is 0.129. The Kier molecular flexibility index (Phi) is 3.28. The molecule has 0 saturated heterocycles. The van der Waals surface area contributed by atoms with Crippen LogP contribution >= 0.6 is 0 Å². The smallest absolute Gasteiger partial charge is 0.282 e. The number of phenolic OH excluding ortho intramolecular Hbond substituents is 1. The molecule has 0 atom stereocenters. The van der Waals surface area contributed by atoms with E-state index in [4.69, 9.17) is 0 Å². The largest absolute Gasteiger partial charge is 0.507 e. The lowest BCUT2D eigenvalue weighted by Crippen LogP contribution is -2.30. The van der Waals surface area contributed by atoms with E-state index in [-0.39, 0.29) is 11.7 Å². The zero-order valence-electron chi connectivity index (χ0n) is 11.5. The van der Waals surface area contributed by atoms with Gasteiger partial charge in [0.1, 0.15) is 17.3 Å². The zero-order chi connectivity index (χ0) is 14.8. The number of anilines is 1. The molecule has 104 valence electrons. The Morgan fingerprint density at radius 1 is 1.05 bits per heavy atom. The van der Waals surface area contributed by atoms with Gasteiger partial charge in [-0.25, -0.2) is 4.99 Å². The highest BCUT2D eigenvalue weighted by Gasteiger charge is 2.28. The van der Waals surface area contributed by atoms with Crippen LogP contribution in [0, 0.1) is 0 Å². The van der Waals surface area contributed by atoms with E-state index in [9.17, 15) is 9.90 Å². The first-order valence-electron chi connectivity index (χ1n) is 6.61. The molecule has 2 aromatic rings. The molecule has 0 aromatic heterocycles. The molecule has 0 radical (unpaired) electrons. The van der Waals surface area contributed by atoms with E-state index >= 15 is 0 Å². The molecule has 1 amide bonds. The SMILES string of the molecule is CC1=NC(=Cc2ccccc2O)C(=O)N1c1ccccc1. The van der Waals surface area contributed by atoms with Gasteiger partial charge in [0.25, 0.3) is 5.91 Å². The van der Waals surface area contributed by atoms with Crippen LogP contribution in [0.2, 0.25) is 0 Å². The van der Waals surface area contributed by atoms with Gasteiger partial charge in [-0.2, -0.15) is 0 Å². The van der Waals surface area contributed by atoms with Gasteiger partial charge in [0.15, 0.2) is 0 Å². The monoisotopic (exact) mass is 278 g/mol. The van der Waals surface area contributed by atoms with Crippen LogP contribution < -0.4 is 4.90 Å². The lowest BCUT2D eigenvalue weighted by atomic mass is 10.1. The van der Waals surface area contributed by atoms with Gasteiger partial charge in [0.05, 0.1) is 5.69 Å². The van der Waals surface area contributed by atoms with Gasteiger partial charge in [-0.15, -0.1) is 0 Å². The fourth-order valence-corrected chi connectivity index (χ4v) is 2.27. The summed E-state index contributed by atoms with van der Waals surface area (Å²) in [6.45, 7) is 1.79. The molecule has 2 aromatic carbocycles. The van der Waals surface area contributed by atoms with Crippen LogP contribution in [0.15, 0.2) is 65.3 Å². The number of aromatic hydroxyl groups is 1. The summed E-state index contributed by atoms with van der Waals surface area (Å²) in [6.07, 6.45) is 1.60. The third-order valence-electron chi connectivity index (χ3n) is 3.27. The molecule has 1 aliphatic heterocycles. The molecule has 1 aliphatic rings. The highest BCUT2D eigenvalue weighted by Crippen LogP contribution is 2.26. The Labute approximate surface area is 122 Å². The third kappa shape index (κ3) is 2.43. The van der Waals surface area contributed by atoms with Gasteiger partial charge in [0, 0.05) is 5.56 Å². The fraction of sp³-hybridized carbons (Fsp3) is 0.0588. The van der Waals surface area contributed by atoms with Crippen LogP contribution in [-0.4, -0.2) is 16.8 Å². The maximum absolute atomic E-state index is 12.5. The van der Waals surface area contributed by atoms with E-state index in [1.54, 1.807) is 42.2 Å². The van der Waals surface area contributed by atoms with Crippen molar-refractivity contribution in [2.45, 2.75) is 6.92 Å². The summed E-state index contributed by atoms with van der Waals surface area (Å²) >= 11 is 0. The number of rotatable bonds is 2. The van der Waals surface area contributed by atoms with E-state index in [0.717, 1.165) is 5.69 Å².